The average Bonchev–Trinajstić information content (AvgIpc) is 2.76. The Hall–Kier alpha value is -0.110. The van der Waals surface area contributed by atoms with Gasteiger partial charge >= 0.3 is 0 Å². The maximum Gasteiger partial charge on any atom is 0.125 e. The normalized spacial score (nSPS) is 21.3. The zero-order valence-electron chi connectivity index (χ0n) is 5.51. The van der Waals surface area contributed by atoms with Crippen LogP contribution in [0.25, 0.3) is 0 Å². The number of ether oxygens (including phenoxy) is 1. The van der Waals surface area contributed by atoms with Crippen molar-refractivity contribution in [2.45, 2.75) is 19.3 Å². The molecule has 0 saturated carbocycles. The van der Waals surface area contributed by atoms with Gasteiger partial charge in [-0.3, -0.25) is 0 Å². The Morgan fingerprint density at radius 1 is 1.00 bits per heavy atom. The molecule has 2 aliphatic heterocycles. The predicted molar refractivity (Wildman–Crippen MR) is 41.4 cm³/mol. The highest BCUT2D eigenvalue weighted by molar-refractivity contribution is 7.99. The quantitative estimate of drug-likeness (QED) is 0.517. The standard InChI is InChI=1S/C5H10S.C2H2O/c1-2-4-6-5-3-1;1-2-3-1/h1-5H2;1-2H. The van der Waals surface area contributed by atoms with Gasteiger partial charge in [-0.25, -0.2) is 0 Å². The maximum atomic E-state index is 4.25. The molecule has 0 unspecified atom stereocenters. The molecule has 0 aromatic heterocycles. The summed E-state index contributed by atoms with van der Waals surface area (Å²) in [4.78, 5) is 0. The highest BCUT2D eigenvalue weighted by Gasteiger charge is 1.95. The molecule has 52 valence electrons. The van der Waals surface area contributed by atoms with Gasteiger partial charge in [0.25, 0.3) is 0 Å². The first-order valence-corrected chi connectivity index (χ1v) is 4.54. The highest BCUT2D eigenvalue weighted by atomic mass is 32.2. The minimum Gasteiger partial charge on any atom is -0.466 e. The van der Waals surface area contributed by atoms with Gasteiger partial charge in [-0.2, -0.15) is 11.8 Å². The summed E-state index contributed by atoms with van der Waals surface area (Å²) < 4.78 is 4.25. The molecule has 0 atom stereocenters. The summed E-state index contributed by atoms with van der Waals surface area (Å²) in [6.07, 6.45) is 7.66. The van der Waals surface area contributed by atoms with Gasteiger partial charge in [-0.15, -0.1) is 0 Å². The molecule has 0 aromatic rings. The fourth-order valence-electron chi connectivity index (χ4n) is 0.687. The Balaban J connectivity index is 0.000000112. The maximum absolute atomic E-state index is 4.25. The van der Waals surface area contributed by atoms with E-state index >= 15 is 0 Å². The molecule has 2 aliphatic rings. The third kappa shape index (κ3) is 5.77. The first-order valence-electron chi connectivity index (χ1n) is 3.38. The second-order valence-corrected chi connectivity index (χ2v) is 3.31. The third-order valence-corrected chi connectivity index (χ3v) is 2.37. The van der Waals surface area contributed by atoms with Crippen molar-refractivity contribution in [3.05, 3.63) is 12.5 Å². The summed E-state index contributed by atoms with van der Waals surface area (Å²) in [7, 11) is 0. The lowest BCUT2D eigenvalue weighted by molar-refractivity contribution is 0.541. The minimum absolute atomic E-state index is 1.42. The Labute approximate surface area is 60.5 Å². The van der Waals surface area contributed by atoms with Gasteiger partial charge in [0.1, 0.15) is 12.5 Å². The number of thioether (sulfide) groups is 1. The van der Waals surface area contributed by atoms with E-state index in [1.54, 1.807) is 12.5 Å². The Morgan fingerprint density at radius 3 is 1.67 bits per heavy atom. The molecule has 9 heavy (non-hydrogen) atoms. The first kappa shape index (κ1) is 7.00. The van der Waals surface area contributed by atoms with Crippen molar-refractivity contribution < 1.29 is 4.74 Å². The lowest BCUT2D eigenvalue weighted by Crippen LogP contribution is -1.91. The predicted octanol–water partition coefficient (Wildman–Crippen LogP) is 2.39. The van der Waals surface area contributed by atoms with E-state index in [0.717, 1.165) is 0 Å². The van der Waals surface area contributed by atoms with Crippen LogP contribution in [-0.4, -0.2) is 11.5 Å². The summed E-state index contributed by atoms with van der Waals surface area (Å²) in [6.45, 7) is 0. The van der Waals surface area contributed by atoms with E-state index in [0.29, 0.717) is 0 Å². The SMILES string of the molecule is C1=CO1.C1CCSCC1. The molecule has 2 heterocycles. The van der Waals surface area contributed by atoms with Crippen LogP contribution in [0.3, 0.4) is 0 Å². The molecule has 0 aromatic carbocycles. The molecule has 1 nitrogen and oxygen atoms in total. The molecule has 1 fully saturated rings. The van der Waals surface area contributed by atoms with Crippen molar-refractivity contribution in [1.82, 2.24) is 0 Å². The fourth-order valence-corrected chi connectivity index (χ4v) is 1.71. The van der Waals surface area contributed by atoms with Crippen molar-refractivity contribution in [2.75, 3.05) is 11.5 Å². The zero-order valence-corrected chi connectivity index (χ0v) is 6.32. The summed E-state index contributed by atoms with van der Waals surface area (Å²) in [5, 5.41) is 0. The van der Waals surface area contributed by atoms with Crippen LogP contribution in [0.4, 0.5) is 0 Å². The van der Waals surface area contributed by atoms with Crippen LogP contribution in [0.15, 0.2) is 12.5 Å². The molecule has 0 spiro atoms. The highest BCUT2D eigenvalue weighted by Crippen LogP contribution is 2.14. The summed E-state index contributed by atoms with van der Waals surface area (Å²) in [5.74, 6) is 2.83. The number of hydrogen-bond acceptors (Lipinski definition) is 2. The van der Waals surface area contributed by atoms with Crippen LogP contribution in [0.1, 0.15) is 19.3 Å². The van der Waals surface area contributed by atoms with Crippen LogP contribution in [0, 0.1) is 0 Å². The van der Waals surface area contributed by atoms with Gasteiger partial charge < -0.3 is 4.74 Å². The monoisotopic (exact) mass is 144 g/mol. The Morgan fingerprint density at radius 2 is 1.56 bits per heavy atom. The fraction of sp³-hybridized carbons (Fsp3) is 0.714. The molecular formula is C7H12OS. The molecule has 0 bridgehead atoms. The second-order valence-electron chi connectivity index (χ2n) is 2.08. The van der Waals surface area contributed by atoms with E-state index < -0.39 is 0 Å². The van der Waals surface area contributed by atoms with E-state index in [2.05, 4.69) is 16.5 Å². The molecule has 1 saturated heterocycles. The van der Waals surface area contributed by atoms with Crippen molar-refractivity contribution in [3.8, 4) is 0 Å². The van der Waals surface area contributed by atoms with E-state index in [4.69, 9.17) is 0 Å². The van der Waals surface area contributed by atoms with Crippen molar-refractivity contribution in [1.29, 1.82) is 0 Å². The van der Waals surface area contributed by atoms with Crippen LogP contribution in [0.5, 0.6) is 0 Å². The van der Waals surface area contributed by atoms with Crippen molar-refractivity contribution >= 4 is 11.8 Å². The van der Waals surface area contributed by atoms with Crippen LogP contribution in [-0.2, 0) is 4.74 Å². The van der Waals surface area contributed by atoms with Gasteiger partial charge in [0.2, 0.25) is 0 Å². The van der Waals surface area contributed by atoms with E-state index in [1.807, 2.05) is 0 Å². The molecule has 0 amide bonds. The molecule has 0 aliphatic carbocycles. The summed E-state index contributed by atoms with van der Waals surface area (Å²) in [5.41, 5.74) is 0. The van der Waals surface area contributed by atoms with Gasteiger partial charge in [-0.1, -0.05) is 6.42 Å². The van der Waals surface area contributed by atoms with Gasteiger partial charge in [0, 0.05) is 0 Å². The second kappa shape index (κ2) is 4.74. The Kier molecular flexibility index (Phi) is 3.69. The van der Waals surface area contributed by atoms with Gasteiger partial charge in [0.05, 0.1) is 0 Å². The average molecular weight is 144 g/mol. The van der Waals surface area contributed by atoms with E-state index in [9.17, 15) is 0 Å². The van der Waals surface area contributed by atoms with E-state index in [1.165, 1.54) is 30.8 Å². The summed E-state index contributed by atoms with van der Waals surface area (Å²) >= 11 is 2.09. The largest absolute Gasteiger partial charge is 0.466 e. The van der Waals surface area contributed by atoms with Crippen LogP contribution >= 0.6 is 11.8 Å². The smallest absolute Gasteiger partial charge is 0.125 e. The lowest BCUT2D eigenvalue weighted by atomic mass is 10.3. The van der Waals surface area contributed by atoms with Gasteiger partial charge in [-0.05, 0) is 24.3 Å². The molecule has 2 rings (SSSR count). The molecule has 0 radical (unpaired) electrons. The van der Waals surface area contributed by atoms with Gasteiger partial charge in [0.15, 0.2) is 0 Å². The Bertz CT molecular complexity index is 71.4. The van der Waals surface area contributed by atoms with Crippen LogP contribution in [0.2, 0.25) is 0 Å². The minimum atomic E-state index is 1.42. The van der Waals surface area contributed by atoms with Crippen molar-refractivity contribution in [3.63, 3.8) is 0 Å². The third-order valence-electron chi connectivity index (χ3n) is 1.21. The van der Waals surface area contributed by atoms with E-state index in [-0.39, 0.29) is 0 Å². The molecule has 2 heteroatoms. The topological polar surface area (TPSA) is 12.5 Å². The number of rotatable bonds is 0. The lowest BCUT2D eigenvalue weighted by Gasteiger charge is -2.05. The first-order chi connectivity index (χ1) is 4.50. The summed E-state index contributed by atoms with van der Waals surface area (Å²) in [6, 6.07) is 0. The zero-order chi connectivity index (χ0) is 6.36. The van der Waals surface area contributed by atoms with Crippen molar-refractivity contribution in [2.24, 2.45) is 0 Å². The molecular weight excluding hydrogens is 132 g/mol. The molecule has 0 N–H and O–H groups in total. The number of hydrogen-bond donors (Lipinski definition) is 0. The van der Waals surface area contributed by atoms with Crippen LogP contribution < -0.4 is 0 Å².